The van der Waals surface area contributed by atoms with Gasteiger partial charge in [0.15, 0.2) is 8.32 Å². The third-order valence-corrected chi connectivity index (χ3v) is 6.26. The highest BCUT2D eigenvalue weighted by atomic mass is 31.2. The van der Waals surface area contributed by atoms with Gasteiger partial charge in [-0.15, -0.1) is 0 Å². The van der Waals surface area contributed by atoms with Crippen LogP contribution in [-0.4, -0.2) is 27.4 Å². The molecule has 0 spiro atoms. The Bertz CT molecular complexity index is 281. The summed E-state index contributed by atoms with van der Waals surface area (Å²) in [6.07, 6.45) is 5.29. The molecular weight excluding hydrogens is 291 g/mol. The third-order valence-electron chi connectivity index (χ3n) is 2.77. The van der Waals surface area contributed by atoms with Gasteiger partial charge >= 0.3 is 7.60 Å². The number of unbranched alkanes of at least 4 members (excludes halogenated alkanes) is 3. The molecule has 4 nitrogen and oxygen atoms in total. The number of hydrogen-bond acceptors (Lipinski definition) is 4. The van der Waals surface area contributed by atoms with E-state index in [9.17, 15) is 4.57 Å². The molecule has 0 bridgehead atoms. The van der Waals surface area contributed by atoms with Gasteiger partial charge in [0.05, 0.1) is 13.2 Å². The Labute approximate surface area is 126 Å². The quantitative estimate of drug-likeness (QED) is 0.274. The Kier molecular flexibility index (Phi) is 10.3. The van der Waals surface area contributed by atoms with Crippen molar-refractivity contribution in [1.29, 1.82) is 0 Å². The lowest BCUT2D eigenvalue weighted by atomic mass is 10.2. The van der Waals surface area contributed by atoms with Gasteiger partial charge in [0.2, 0.25) is 0 Å². The van der Waals surface area contributed by atoms with E-state index in [1.165, 1.54) is 12.8 Å². The molecule has 0 fully saturated rings. The predicted molar refractivity (Wildman–Crippen MR) is 87.8 cm³/mol. The number of rotatable bonds is 12. The van der Waals surface area contributed by atoms with Gasteiger partial charge in [-0.1, -0.05) is 32.6 Å². The second-order valence-electron chi connectivity index (χ2n) is 5.91. The van der Waals surface area contributed by atoms with Crippen LogP contribution in [0.15, 0.2) is 0 Å². The Morgan fingerprint density at radius 1 is 0.950 bits per heavy atom. The van der Waals surface area contributed by atoms with Crippen LogP contribution in [0.1, 0.15) is 52.9 Å². The van der Waals surface area contributed by atoms with Crippen LogP contribution in [0.3, 0.4) is 0 Å². The molecule has 6 heteroatoms. The summed E-state index contributed by atoms with van der Waals surface area (Å²) < 4.78 is 30.0. The maximum absolute atomic E-state index is 12.9. The molecule has 0 N–H and O–H groups in total. The van der Waals surface area contributed by atoms with E-state index >= 15 is 0 Å². The molecule has 0 radical (unpaired) electrons. The minimum Gasteiger partial charge on any atom is -0.404 e. The van der Waals surface area contributed by atoms with Crippen molar-refractivity contribution in [3.8, 4) is 0 Å². The molecule has 0 aromatic carbocycles. The van der Waals surface area contributed by atoms with E-state index in [0.717, 1.165) is 19.3 Å². The Hall–Kier alpha value is 0.327. The van der Waals surface area contributed by atoms with Gasteiger partial charge in [0.1, 0.15) is 5.85 Å². The summed E-state index contributed by atoms with van der Waals surface area (Å²) in [5, 5.41) is 0. The van der Waals surface area contributed by atoms with Crippen molar-refractivity contribution in [2.24, 2.45) is 0 Å². The van der Waals surface area contributed by atoms with Gasteiger partial charge < -0.3 is 13.5 Å². The molecule has 20 heavy (non-hydrogen) atoms. The molecule has 0 rings (SSSR count). The zero-order valence-electron chi connectivity index (χ0n) is 14.1. The Morgan fingerprint density at radius 3 is 1.90 bits per heavy atom. The molecule has 0 heterocycles. The van der Waals surface area contributed by atoms with Crippen LogP contribution in [0.4, 0.5) is 0 Å². The first-order chi connectivity index (χ1) is 9.29. The van der Waals surface area contributed by atoms with Crippen LogP contribution in [0.25, 0.3) is 0 Å². The van der Waals surface area contributed by atoms with Crippen molar-refractivity contribution in [3.05, 3.63) is 0 Å². The summed E-state index contributed by atoms with van der Waals surface area (Å²) in [4.78, 5) is 0. The molecule has 0 aliphatic rings. The minimum absolute atomic E-state index is 0.387. The molecule has 0 aromatic rings. The van der Waals surface area contributed by atoms with Gasteiger partial charge in [-0.25, -0.2) is 0 Å². The van der Waals surface area contributed by atoms with E-state index in [1.807, 2.05) is 13.8 Å². The van der Waals surface area contributed by atoms with Crippen molar-refractivity contribution in [3.63, 3.8) is 0 Å². The second kappa shape index (κ2) is 10.1. The van der Waals surface area contributed by atoms with Crippen molar-refractivity contribution < 1.29 is 18.0 Å². The summed E-state index contributed by atoms with van der Waals surface area (Å²) in [5.41, 5.74) is 0. The summed E-state index contributed by atoms with van der Waals surface area (Å²) in [6, 6.07) is 0. The van der Waals surface area contributed by atoms with Gasteiger partial charge in [0, 0.05) is 0 Å². The van der Waals surface area contributed by atoms with E-state index in [4.69, 9.17) is 13.5 Å². The fourth-order valence-electron chi connectivity index (χ4n) is 2.00. The summed E-state index contributed by atoms with van der Waals surface area (Å²) >= 11 is 0. The van der Waals surface area contributed by atoms with E-state index in [1.54, 1.807) is 0 Å². The van der Waals surface area contributed by atoms with Gasteiger partial charge in [-0.3, -0.25) is 4.57 Å². The Balaban J connectivity index is 4.81. The predicted octanol–water partition coefficient (Wildman–Crippen LogP) is 5.40. The van der Waals surface area contributed by atoms with Crippen LogP contribution >= 0.6 is 7.60 Å². The highest BCUT2D eigenvalue weighted by Crippen LogP contribution is 2.55. The minimum atomic E-state index is -3.16. The fourth-order valence-corrected chi connectivity index (χ4v) is 6.02. The SMILES string of the molecule is CCCCCCC(O[Si](C)(C)C)P(=O)(OCC)OCC. The first-order valence-corrected chi connectivity index (χ1v) is 12.9. The Morgan fingerprint density at radius 2 is 1.50 bits per heavy atom. The van der Waals surface area contributed by atoms with Crippen molar-refractivity contribution in [2.45, 2.75) is 78.4 Å². The van der Waals surface area contributed by atoms with Crippen LogP contribution in [0.5, 0.6) is 0 Å². The van der Waals surface area contributed by atoms with Gasteiger partial charge in [-0.2, -0.15) is 0 Å². The van der Waals surface area contributed by atoms with Crippen molar-refractivity contribution >= 4 is 15.9 Å². The lowest BCUT2D eigenvalue weighted by Crippen LogP contribution is -2.33. The summed E-state index contributed by atoms with van der Waals surface area (Å²) in [5.74, 6) is -0.411. The van der Waals surface area contributed by atoms with E-state index in [-0.39, 0.29) is 0 Å². The molecule has 0 aliphatic carbocycles. The largest absolute Gasteiger partial charge is 0.404 e. The lowest BCUT2D eigenvalue weighted by Gasteiger charge is -2.31. The van der Waals surface area contributed by atoms with E-state index in [0.29, 0.717) is 13.2 Å². The van der Waals surface area contributed by atoms with Crippen LogP contribution < -0.4 is 0 Å². The highest BCUT2D eigenvalue weighted by Gasteiger charge is 2.38. The molecule has 1 atom stereocenters. The van der Waals surface area contributed by atoms with Crippen molar-refractivity contribution in [1.82, 2.24) is 0 Å². The topological polar surface area (TPSA) is 44.8 Å². The zero-order valence-corrected chi connectivity index (χ0v) is 16.0. The number of hydrogen-bond donors (Lipinski definition) is 0. The van der Waals surface area contributed by atoms with E-state index in [2.05, 4.69) is 26.6 Å². The fraction of sp³-hybridized carbons (Fsp3) is 1.00. The molecule has 1 unspecified atom stereocenters. The average molecular weight is 324 g/mol. The smallest absolute Gasteiger partial charge is 0.357 e. The zero-order chi connectivity index (χ0) is 15.6. The van der Waals surface area contributed by atoms with Crippen LogP contribution in [0, 0.1) is 0 Å². The van der Waals surface area contributed by atoms with Gasteiger partial charge in [0.25, 0.3) is 0 Å². The summed E-state index contributed by atoms with van der Waals surface area (Å²) in [6.45, 7) is 13.0. The molecule has 0 amide bonds. The van der Waals surface area contributed by atoms with Gasteiger partial charge in [-0.05, 0) is 39.9 Å². The maximum Gasteiger partial charge on any atom is 0.357 e. The maximum atomic E-state index is 12.9. The van der Waals surface area contributed by atoms with Crippen LogP contribution in [0.2, 0.25) is 19.6 Å². The third kappa shape index (κ3) is 8.58. The summed E-state index contributed by atoms with van der Waals surface area (Å²) in [7, 11) is -4.95. The molecule has 0 aliphatic heterocycles. The van der Waals surface area contributed by atoms with Crippen LogP contribution in [-0.2, 0) is 18.0 Å². The standard InChI is InChI=1S/C14H33O4PSi/c1-7-10-11-12-13-14(18-20(4,5)6)19(15,16-8-2)17-9-3/h14H,7-13H2,1-6H3. The molecular formula is C14H33O4PSi. The average Bonchev–Trinajstić information content (AvgIpc) is 2.32. The first-order valence-electron chi connectivity index (χ1n) is 7.85. The lowest BCUT2D eigenvalue weighted by molar-refractivity contribution is 0.151. The van der Waals surface area contributed by atoms with Crippen molar-refractivity contribution in [2.75, 3.05) is 13.2 Å². The molecule has 0 saturated carbocycles. The normalized spacial score (nSPS) is 14.5. The second-order valence-corrected chi connectivity index (χ2v) is 12.5. The van der Waals surface area contributed by atoms with E-state index < -0.39 is 21.8 Å². The molecule has 0 saturated heterocycles. The monoisotopic (exact) mass is 324 g/mol. The highest BCUT2D eigenvalue weighted by molar-refractivity contribution is 7.54. The molecule has 122 valence electrons. The first kappa shape index (κ1) is 20.3. The molecule has 0 aromatic heterocycles.